The van der Waals surface area contributed by atoms with Gasteiger partial charge >= 0.3 is 0 Å². The highest BCUT2D eigenvalue weighted by Gasteiger charge is 2.34. The van der Waals surface area contributed by atoms with Gasteiger partial charge in [0.1, 0.15) is 11.9 Å². The summed E-state index contributed by atoms with van der Waals surface area (Å²) in [6.45, 7) is 0.972. The maximum Gasteiger partial charge on any atom is 0.245 e. The van der Waals surface area contributed by atoms with E-state index in [4.69, 9.17) is 0 Å². The predicted octanol–water partition coefficient (Wildman–Crippen LogP) is 1.53. The van der Waals surface area contributed by atoms with Crippen LogP contribution in [0.5, 0.6) is 0 Å². The van der Waals surface area contributed by atoms with Crippen molar-refractivity contribution in [1.29, 1.82) is 0 Å². The van der Waals surface area contributed by atoms with Gasteiger partial charge in [-0.15, -0.1) is 0 Å². The third-order valence-corrected chi connectivity index (χ3v) is 4.53. The highest BCUT2D eigenvalue weighted by molar-refractivity contribution is 5.98. The molecule has 6 heteroatoms. The lowest BCUT2D eigenvalue weighted by atomic mass is 9.89. The van der Waals surface area contributed by atoms with Crippen molar-refractivity contribution in [2.45, 2.75) is 31.7 Å². The summed E-state index contributed by atoms with van der Waals surface area (Å²) < 4.78 is 13.0. The Hall–Kier alpha value is -2.24. The minimum atomic E-state index is -0.456. The molecule has 2 aliphatic rings. The van der Waals surface area contributed by atoms with E-state index in [1.165, 1.54) is 24.3 Å². The van der Waals surface area contributed by atoms with Crippen LogP contribution in [0, 0.1) is 11.7 Å². The Labute approximate surface area is 133 Å². The number of carbonyl (C=O) groups is 3. The second kappa shape index (κ2) is 6.48. The third-order valence-electron chi connectivity index (χ3n) is 4.53. The van der Waals surface area contributed by atoms with Gasteiger partial charge in [-0.2, -0.15) is 0 Å². The first-order valence-electron chi connectivity index (χ1n) is 7.92. The van der Waals surface area contributed by atoms with Gasteiger partial charge in [0.2, 0.25) is 11.8 Å². The van der Waals surface area contributed by atoms with Crippen LogP contribution in [0.25, 0.3) is 0 Å². The first kappa shape index (κ1) is 15.6. The van der Waals surface area contributed by atoms with Crippen LogP contribution < -0.4 is 5.32 Å². The molecule has 1 aromatic rings. The number of amides is 2. The zero-order valence-electron chi connectivity index (χ0n) is 12.8. The monoisotopic (exact) mass is 318 g/mol. The third kappa shape index (κ3) is 3.41. The molecule has 2 fully saturated rings. The van der Waals surface area contributed by atoms with Gasteiger partial charge in [-0.05, 0) is 43.5 Å². The van der Waals surface area contributed by atoms with E-state index >= 15 is 0 Å². The number of carbonyl (C=O) groups excluding carboxylic acids is 3. The molecule has 1 aromatic carbocycles. The van der Waals surface area contributed by atoms with E-state index in [1.54, 1.807) is 4.90 Å². The number of ketones is 1. The van der Waals surface area contributed by atoms with Crippen molar-refractivity contribution in [2.24, 2.45) is 5.92 Å². The summed E-state index contributed by atoms with van der Waals surface area (Å²) >= 11 is 0. The van der Waals surface area contributed by atoms with Crippen molar-refractivity contribution in [3.05, 3.63) is 35.6 Å². The number of benzene rings is 1. The second-order valence-electron chi connectivity index (χ2n) is 6.15. The lowest BCUT2D eigenvalue weighted by Crippen LogP contribution is -2.49. The summed E-state index contributed by atoms with van der Waals surface area (Å²) in [6, 6.07) is 5.05. The highest BCUT2D eigenvalue weighted by atomic mass is 19.1. The number of likely N-dealkylation sites (tertiary alicyclic amines) is 1. The molecule has 3 rings (SSSR count). The molecular weight excluding hydrogens is 299 g/mol. The van der Waals surface area contributed by atoms with Crippen LogP contribution in [0.1, 0.15) is 36.0 Å². The molecular formula is C17H19FN2O3. The van der Waals surface area contributed by atoms with Crippen LogP contribution in [0.3, 0.4) is 0 Å². The summed E-state index contributed by atoms with van der Waals surface area (Å²) in [5, 5.41) is 2.68. The van der Waals surface area contributed by atoms with Gasteiger partial charge in [-0.1, -0.05) is 0 Å². The molecule has 2 amide bonds. The number of nitrogens with zero attached hydrogens (tertiary/aromatic N) is 1. The molecule has 2 atom stereocenters. The molecule has 2 saturated heterocycles. The van der Waals surface area contributed by atoms with Gasteiger partial charge < -0.3 is 10.2 Å². The Bertz CT molecular complexity index is 629. The van der Waals surface area contributed by atoms with Gasteiger partial charge in [-0.3, -0.25) is 14.4 Å². The Morgan fingerprint density at radius 1 is 1.17 bits per heavy atom. The molecule has 23 heavy (non-hydrogen) atoms. The summed E-state index contributed by atoms with van der Waals surface area (Å²) in [5.41, 5.74) is 0.472. The Balaban J connectivity index is 1.65. The number of nitrogens with one attached hydrogen (secondary N) is 1. The van der Waals surface area contributed by atoms with Gasteiger partial charge in [-0.25, -0.2) is 4.39 Å². The largest absolute Gasteiger partial charge is 0.344 e. The fraction of sp³-hybridized carbons (Fsp3) is 0.471. The summed E-state index contributed by atoms with van der Waals surface area (Å²) in [7, 11) is 0. The number of rotatable bonds is 3. The van der Waals surface area contributed by atoms with Crippen molar-refractivity contribution in [1.82, 2.24) is 10.2 Å². The van der Waals surface area contributed by atoms with E-state index in [-0.39, 0.29) is 29.3 Å². The number of hydrogen-bond acceptors (Lipinski definition) is 3. The molecule has 2 heterocycles. The molecule has 0 bridgehead atoms. The van der Waals surface area contributed by atoms with Crippen LogP contribution in [0.4, 0.5) is 4.39 Å². The van der Waals surface area contributed by atoms with Crippen LogP contribution in [-0.4, -0.2) is 41.6 Å². The van der Waals surface area contributed by atoms with Gasteiger partial charge in [0.05, 0.1) is 0 Å². The number of Topliss-reactive ketones (excluding diaryl/α,β-unsaturated/α-hetero) is 1. The van der Waals surface area contributed by atoms with E-state index in [0.717, 1.165) is 12.8 Å². The van der Waals surface area contributed by atoms with E-state index in [1.807, 2.05) is 0 Å². The van der Waals surface area contributed by atoms with Gasteiger partial charge in [0.25, 0.3) is 0 Å². The first-order valence-corrected chi connectivity index (χ1v) is 7.92. The fourth-order valence-electron chi connectivity index (χ4n) is 3.26. The van der Waals surface area contributed by atoms with Crippen molar-refractivity contribution in [2.75, 3.05) is 13.1 Å². The zero-order chi connectivity index (χ0) is 16.4. The van der Waals surface area contributed by atoms with E-state index < -0.39 is 6.04 Å². The van der Waals surface area contributed by atoms with E-state index in [0.29, 0.717) is 31.5 Å². The molecule has 5 nitrogen and oxygen atoms in total. The molecule has 2 aliphatic heterocycles. The Morgan fingerprint density at radius 2 is 1.91 bits per heavy atom. The average molecular weight is 318 g/mol. The average Bonchev–Trinajstić information content (AvgIpc) is 3.01. The second-order valence-corrected chi connectivity index (χ2v) is 6.15. The van der Waals surface area contributed by atoms with Crippen LogP contribution >= 0.6 is 0 Å². The molecule has 1 N–H and O–H groups in total. The minimum absolute atomic E-state index is 0.0574. The first-order chi connectivity index (χ1) is 11.0. The SMILES string of the molecule is O=C1CCC(C(=O)N2CCCC(C(=O)c3ccc(F)cc3)C2)N1. The lowest BCUT2D eigenvalue weighted by molar-refractivity contribution is -0.135. The maximum absolute atomic E-state index is 13.0. The Kier molecular flexibility index (Phi) is 4.41. The minimum Gasteiger partial charge on any atom is -0.344 e. The van der Waals surface area contributed by atoms with Crippen molar-refractivity contribution in [3.63, 3.8) is 0 Å². The zero-order valence-corrected chi connectivity index (χ0v) is 12.8. The standard InChI is InChI=1S/C17H19FN2O3/c18-13-5-3-11(4-6-13)16(22)12-2-1-9-20(10-12)17(23)14-7-8-15(21)19-14/h3-6,12,14H,1-2,7-10H2,(H,19,21). The molecule has 0 saturated carbocycles. The topological polar surface area (TPSA) is 66.5 Å². The van der Waals surface area contributed by atoms with Crippen molar-refractivity contribution >= 4 is 17.6 Å². The van der Waals surface area contributed by atoms with Crippen LogP contribution in [0.15, 0.2) is 24.3 Å². The van der Waals surface area contributed by atoms with E-state index in [2.05, 4.69) is 5.32 Å². The molecule has 0 aromatic heterocycles. The smallest absolute Gasteiger partial charge is 0.245 e. The van der Waals surface area contributed by atoms with E-state index in [9.17, 15) is 18.8 Å². The molecule has 122 valence electrons. The van der Waals surface area contributed by atoms with Crippen molar-refractivity contribution in [3.8, 4) is 0 Å². The predicted molar refractivity (Wildman–Crippen MR) is 81.2 cm³/mol. The number of piperidine rings is 1. The molecule has 0 radical (unpaired) electrons. The quantitative estimate of drug-likeness (QED) is 0.860. The molecule has 2 unspecified atom stereocenters. The summed E-state index contributed by atoms with van der Waals surface area (Å²) in [5.74, 6) is -0.904. The maximum atomic E-state index is 13.0. The highest BCUT2D eigenvalue weighted by Crippen LogP contribution is 2.23. The lowest BCUT2D eigenvalue weighted by Gasteiger charge is -2.33. The van der Waals surface area contributed by atoms with Crippen LogP contribution in [0.2, 0.25) is 0 Å². The van der Waals surface area contributed by atoms with Crippen molar-refractivity contribution < 1.29 is 18.8 Å². The number of hydrogen-bond donors (Lipinski definition) is 1. The fourth-order valence-corrected chi connectivity index (χ4v) is 3.26. The summed E-state index contributed by atoms with van der Waals surface area (Å²) in [6.07, 6.45) is 2.37. The summed E-state index contributed by atoms with van der Waals surface area (Å²) in [4.78, 5) is 37.9. The Morgan fingerprint density at radius 3 is 2.57 bits per heavy atom. The molecule has 0 spiro atoms. The van der Waals surface area contributed by atoms with Gasteiger partial charge in [0, 0.05) is 31.0 Å². The van der Waals surface area contributed by atoms with Gasteiger partial charge in [0.15, 0.2) is 5.78 Å². The number of halogens is 1. The molecule has 0 aliphatic carbocycles. The normalized spacial score (nSPS) is 24.4. The van der Waals surface area contributed by atoms with Crippen LogP contribution in [-0.2, 0) is 9.59 Å².